The highest BCUT2D eigenvalue weighted by Gasteiger charge is 2.06. The van der Waals surface area contributed by atoms with Gasteiger partial charge in [-0.05, 0) is 56.2 Å². The van der Waals surface area contributed by atoms with E-state index >= 15 is 0 Å². The third-order valence-electron chi connectivity index (χ3n) is 4.52. The summed E-state index contributed by atoms with van der Waals surface area (Å²) >= 11 is 0. The van der Waals surface area contributed by atoms with Gasteiger partial charge in [-0.15, -0.1) is 0 Å². The van der Waals surface area contributed by atoms with Crippen LogP contribution in [-0.4, -0.2) is 15.8 Å². The van der Waals surface area contributed by atoms with Crippen LogP contribution < -0.4 is 5.32 Å². The first kappa shape index (κ1) is 20.2. The van der Waals surface area contributed by atoms with Gasteiger partial charge in [0.1, 0.15) is 5.84 Å². The van der Waals surface area contributed by atoms with Crippen molar-refractivity contribution in [3.63, 3.8) is 0 Å². The van der Waals surface area contributed by atoms with Gasteiger partial charge in [0.2, 0.25) is 0 Å². The van der Waals surface area contributed by atoms with E-state index in [2.05, 4.69) is 47.3 Å². The lowest BCUT2D eigenvalue weighted by molar-refractivity contribution is 1.09. The molecule has 0 atom stereocenters. The Morgan fingerprint density at radius 3 is 2.38 bits per heavy atom. The van der Waals surface area contributed by atoms with E-state index in [-0.39, 0.29) is 0 Å². The van der Waals surface area contributed by atoms with E-state index in [4.69, 9.17) is 4.99 Å². The molecular weight excluding hydrogens is 356 g/mol. The monoisotopic (exact) mass is 382 g/mol. The molecule has 0 saturated carbocycles. The Morgan fingerprint density at radius 2 is 1.76 bits per heavy atom. The van der Waals surface area contributed by atoms with Crippen LogP contribution in [-0.2, 0) is 0 Å². The van der Waals surface area contributed by atoms with E-state index in [1.54, 1.807) is 6.20 Å². The summed E-state index contributed by atoms with van der Waals surface area (Å²) < 4.78 is 0. The predicted molar refractivity (Wildman–Crippen MR) is 122 cm³/mol. The molecule has 1 N–H and O–H groups in total. The predicted octanol–water partition coefficient (Wildman–Crippen LogP) is 6.18. The van der Waals surface area contributed by atoms with Crippen LogP contribution in [0.15, 0.2) is 95.8 Å². The molecule has 29 heavy (non-hydrogen) atoms. The first-order valence-electron chi connectivity index (χ1n) is 9.81. The number of pyridine rings is 2. The first-order valence-corrected chi connectivity index (χ1v) is 9.81. The molecule has 2 heterocycles. The second kappa shape index (κ2) is 10.1. The van der Waals surface area contributed by atoms with Gasteiger partial charge in [-0.3, -0.25) is 4.98 Å². The van der Waals surface area contributed by atoms with Crippen molar-refractivity contribution < 1.29 is 0 Å². The number of nitrogens with zero attached hydrogens (tertiary/aromatic N) is 3. The van der Waals surface area contributed by atoms with E-state index in [1.165, 1.54) is 5.57 Å². The molecule has 4 nitrogen and oxygen atoms in total. The molecule has 0 saturated heterocycles. The Kier molecular flexibility index (Phi) is 7.06. The van der Waals surface area contributed by atoms with Gasteiger partial charge in [0, 0.05) is 18.0 Å². The van der Waals surface area contributed by atoms with E-state index < -0.39 is 0 Å². The van der Waals surface area contributed by atoms with Crippen LogP contribution in [0.3, 0.4) is 0 Å². The highest BCUT2D eigenvalue weighted by atomic mass is 15.0. The van der Waals surface area contributed by atoms with E-state index in [1.807, 2.05) is 67.7 Å². The Bertz CT molecular complexity index is 1000. The zero-order valence-electron chi connectivity index (χ0n) is 17.1. The number of nitrogens with one attached hydrogen (secondary N) is 1. The van der Waals surface area contributed by atoms with Crippen LogP contribution >= 0.6 is 0 Å². The summed E-state index contributed by atoms with van der Waals surface area (Å²) in [7, 11) is 0. The number of hydrogen-bond donors (Lipinski definition) is 1. The van der Waals surface area contributed by atoms with Gasteiger partial charge in [0.25, 0.3) is 0 Å². The number of benzene rings is 1. The summed E-state index contributed by atoms with van der Waals surface area (Å²) in [6.45, 7) is 6.21. The van der Waals surface area contributed by atoms with Gasteiger partial charge in [-0.25, -0.2) is 9.98 Å². The average molecular weight is 383 g/mol. The minimum absolute atomic E-state index is 0.656. The summed E-state index contributed by atoms with van der Waals surface area (Å²) in [6.07, 6.45) is 8.65. The lowest BCUT2D eigenvalue weighted by Gasteiger charge is -2.11. The van der Waals surface area contributed by atoms with Gasteiger partial charge < -0.3 is 5.32 Å². The molecule has 2 aromatic heterocycles. The van der Waals surface area contributed by atoms with Gasteiger partial charge in [-0.2, -0.15) is 0 Å². The number of hydrogen-bond acceptors (Lipinski definition) is 3. The maximum absolute atomic E-state index is 4.74. The number of amidine groups is 1. The minimum atomic E-state index is 0.656. The molecule has 4 heteroatoms. The van der Waals surface area contributed by atoms with Crippen molar-refractivity contribution in [2.75, 3.05) is 0 Å². The van der Waals surface area contributed by atoms with Crippen molar-refractivity contribution in [2.24, 2.45) is 4.99 Å². The highest BCUT2D eigenvalue weighted by molar-refractivity contribution is 6.00. The quantitative estimate of drug-likeness (QED) is 0.409. The van der Waals surface area contributed by atoms with Gasteiger partial charge in [0.05, 0.1) is 11.4 Å². The van der Waals surface area contributed by atoms with Crippen LogP contribution in [0, 0.1) is 0 Å². The molecule has 0 spiro atoms. The van der Waals surface area contributed by atoms with Gasteiger partial charge in [0.15, 0.2) is 5.82 Å². The molecule has 0 aliphatic carbocycles. The van der Waals surface area contributed by atoms with Crippen molar-refractivity contribution in [2.45, 2.75) is 27.2 Å². The van der Waals surface area contributed by atoms with Gasteiger partial charge >= 0.3 is 0 Å². The number of allylic oxidation sites excluding steroid dienone is 2. The molecule has 0 aliphatic heterocycles. The van der Waals surface area contributed by atoms with E-state index in [0.717, 1.165) is 34.8 Å². The number of aromatic nitrogens is 2. The maximum Gasteiger partial charge on any atom is 0.154 e. The third kappa shape index (κ3) is 5.72. The molecule has 3 aromatic rings. The normalized spacial score (nSPS) is 12.7. The lowest BCUT2D eigenvalue weighted by Crippen LogP contribution is -2.21. The van der Waals surface area contributed by atoms with Crippen LogP contribution in [0.2, 0.25) is 0 Å². The Hall–Kier alpha value is -3.53. The van der Waals surface area contributed by atoms with Crippen LogP contribution in [0.1, 0.15) is 32.9 Å². The second-order valence-electron chi connectivity index (χ2n) is 6.65. The first-order chi connectivity index (χ1) is 14.2. The summed E-state index contributed by atoms with van der Waals surface area (Å²) in [5, 5.41) is 3.41. The number of aliphatic imine (C=N–C) groups is 1. The maximum atomic E-state index is 4.74. The molecule has 0 unspecified atom stereocenters. The molecular formula is C25H26N4. The largest absolute Gasteiger partial charge is 0.339 e. The standard InChI is InChI=1S/C25H26N4/c1-4-19(3)17-25(28-22(5-2)23-13-9-10-16-26-23)29-24-15-14-21(18-27-24)20-11-7-6-8-12-20/h5-18H,4H2,1-3H3,(H,27,28,29)/b19-17+,22-5-. The molecule has 146 valence electrons. The molecule has 1 aromatic carbocycles. The van der Waals surface area contributed by atoms with Crippen molar-refractivity contribution >= 4 is 17.4 Å². The van der Waals surface area contributed by atoms with Crippen molar-refractivity contribution in [3.05, 3.63) is 96.5 Å². The van der Waals surface area contributed by atoms with Crippen molar-refractivity contribution in [1.82, 2.24) is 15.3 Å². The Morgan fingerprint density at radius 1 is 0.966 bits per heavy atom. The zero-order chi connectivity index (χ0) is 20.5. The SMILES string of the molecule is C/C=C(\NC(/C=C(\C)CC)=Nc1ccc(-c2ccccc2)cn1)c1ccccn1. The minimum Gasteiger partial charge on any atom is -0.339 e. The molecule has 0 bridgehead atoms. The summed E-state index contributed by atoms with van der Waals surface area (Å²) in [5.74, 6) is 1.40. The smallest absolute Gasteiger partial charge is 0.154 e. The topological polar surface area (TPSA) is 50.2 Å². The fourth-order valence-electron chi connectivity index (χ4n) is 2.75. The zero-order valence-corrected chi connectivity index (χ0v) is 17.1. The second-order valence-corrected chi connectivity index (χ2v) is 6.65. The lowest BCUT2D eigenvalue weighted by atomic mass is 10.1. The number of rotatable bonds is 6. The van der Waals surface area contributed by atoms with Crippen molar-refractivity contribution in [1.29, 1.82) is 0 Å². The van der Waals surface area contributed by atoms with Gasteiger partial charge in [-0.1, -0.05) is 55.0 Å². The van der Waals surface area contributed by atoms with Crippen LogP contribution in [0.25, 0.3) is 16.8 Å². The molecule has 0 fully saturated rings. The molecule has 0 radical (unpaired) electrons. The highest BCUT2D eigenvalue weighted by Crippen LogP contribution is 2.20. The molecule has 0 aliphatic rings. The summed E-state index contributed by atoms with van der Waals surface area (Å²) in [5.41, 5.74) is 5.22. The molecule has 0 amide bonds. The van der Waals surface area contributed by atoms with E-state index in [9.17, 15) is 0 Å². The van der Waals surface area contributed by atoms with Crippen molar-refractivity contribution in [3.8, 4) is 11.1 Å². The Balaban J connectivity index is 1.89. The molecule has 3 rings (SSSR count). The third-order valence-corrected chi connectivity index (χ3v) is 4.52. The summed E-state index contributed by atoms with van der Waals surface area (Å²) in [4.78, 5) is 13.7. The average Bonchev–Trinajstić information content (AvgIpc) is 2.79. The fraction of sp³-hybridized carbons (Fsp3) is 0.160. The van der Waals surface area contributed by atoms with E-state index in [0.29, 0.717) is 5.82 Å². The van der Waals surface area contributed by atoms with Crippen LogP contribution in [0.5, 0.6) is 0 Å². The summed E-state index contributed by atoms with van der Waals surface area (Å²) in [6, 6.07) is 20.1. The fourth-order valence-corrected chi connectivity index (χ4v) is 2.75. The Labute approximate surface area is 172 Å². The van der Waals surface area contributed by atoms with Crippen LogP contribution in [0.4, 0.5) is 5.82 Å².